The second-order valence-corrected chi connectivity index (χ2v) is 6.26. The summed E-state index contributed by atoms with van der Waals surface area (Å²) in [7, 11) is 0. The van der Waals surface area contributed by atoms with Crippen molar-refractivity contribution in [2.45, 2.75) is 19.3 Å². The number of nitrogens with one attached hydrogen (secondary N) is 2. The van der Waals surface area contributed by atoms with Crippen molar-refractivity contribution in [1.82, 2.24) is 10.3 Å². The van der Waals surface area contributed by atoms with Crippen molar-refractivity contribution in [1.29, 1.82) is 0 Å². The highest BCUT2D eigenvalue weighted by Crippen LogP contribution is 2.35. The van der Waals surface area contributed by atoms with Crippen LogP contribution in [0.15, 0.2) is 42.5 Å². The largest absolute Gasteiger partial charge is 0.481 e. The highest BCUT2D eigenvalue weighted by Gasteiger charge is 2.22. The molecule has 4 rings (SSSR count). The van der Waals surface area contributed by atoms with Crippen molar-refractivity contribution in [2.75, 3.05) is 6.54 Å². The number of carboxylic acids is 1. The van der Waals surface area contributed by atoms with Gasteiger partial charge in [0.15, 0.2) is 0 Å². The van der Waals surface area contributed by atoms with E-state index < -0.39 is 5.97 Å². The van der Waals surface area contributed by atoms with Gasteiger partial charge in [0.05, 0.1) is 5.69 Å². The predicted molar refractivity (Wildman–Crippen MR) is 95.7 cm³/mol. The Labute approximate surface area is 144 Å². The van der Waals surface area contributed by atoms with Crippen LogP contribution < -0.4 is 5.32 Å². The fourth-order valence-corrected chi connectivity index (χ4v) is 3.61. The standard InChI is InChI=1S/C20H18N2O3/c23-17(24)9-8-12-4-1-2-5-13(12)19-14-10-11-21-20(25)15-6-3-7-16(22-19)18(14)15/h1-7,22H,8-11H2,(H,21,25)(H,23,24). The molecule has 5 nitrogen and oxygen atoms in total. The maximum Gasteiger partial charge on any atom is 0.303 e. The monoisotopic (exact) mass is 334 g/mol. The fraction of sp³-hybridized carbons (Fsp3) is 0.200. The lowest BCUT2D eigenvalue weighted by Gasteiger charge is -2.10. The Morgan fingerprint density at radius 2 is 1.88 bits per heavy atom. The summed E-state index contributed by atoms with van der Waals surface area (Å²) >= 11 is 0. The summed E-state index contributed by atoms with van der Waals surface area (Å²) in [6, 6.07) is 13.6. The lowest BCUT2D eigenvalue weighted by molar-refractivity contribution is -0.136. The SMILES string of the molecule is O=C(O)CCc1ccccc1-c1[nH]c2cccc3c2c1CCNC3=O. The van der Waals surface area contributed by atoms with Gasteiger partial charge < -0.3 is 15.4 Å². The number of carbonyl (C=O) groups is 2. The van der Waals surface area contributed by atoms with Gasteiger partial charge in [0, 0.05) is 35.0 Å². The smallest absolute Gasteiger partial charge is 0.303 e. The molecule has 3 aromatic rings. The molecule has 0 unspecified atom stereocenters. The zero-order valence-electron chi connectivity index (χ0n) is 13.6. The Kier molecular flexibility index (Phi) is 3.76. The van der Waals surface area contributed by atoms with Gasteiger partial charge in [-0.15, -0.1) is 0 Å². The topological polar surface area (TPSA) is 82.2 Å². The number of carboxylic acid groups (broad SMARTS) is 1. The minimum atomic E-state index is -0.804. The Balaban J connectivity index is 1.91. The van der Waals surface area contributed by atoms with E-state index in [0.717, 1.165) is 39.7 Å². The van der Waals surface area contributed by atoms with Gasteiger partial charge in [-0.1, -0.05) is 30.3 Å². The first kappa shape index (κ1) is 15.4. The summed E-state index contributed by atoms with van der Waals surface area (Å²) in [6.45, 7) is 0.588. The van der Waals surface area contributed by atoms with Gasteiger partial charge in [-0.3, -0.25) is 9.59 Å². The number of benzene rings is 2. The predicted octanol–water partition coefficient (Wildman–Crippen LogP) is 3.14. The molecule has 1 amide bonds. The summed E-state index contributed by atoms with van der Waals surface area (Å²) in [5, 5.41) is 12.9. The molecule has 1 aromatic heterocycles. The summed E-state index contributed by atoms with van der Waals surface area (Å²) in [5.41, 5.74) is 5.74. The number of hydrogen-bond donors (Lipinski definition) is 3. The average Bonchev–Trinajstić information content (AvgIpc) is 2.89. The third-order valence-electron chi connectivity index (χ3n) is 4.73. The van der Waals surface area contributed by atoms with Crippen LogP contribution >= 0.6 is 0 Å². The van der Waals surface area contributed by atoms with E-state index in [1.807, 2.05) is 42.5 Å². The molecule has 25 heavy (non-hydrogen) atoms. The molecule has 0 atom stereocenters. The molecule has 2 aromatic carbocycles. The number of aromatic amines is 1. The van der Waals surface area contributed by atoms with Crippen LogP contribution in [0, 0.1) is 0 Å². The first-order chi connectivity index (χ1) is 12.1. The van der Waals surface area contributed by atoms with Gasteiger partial charge in [0.25, 0.3) is 5.91 Å². The summed E-state index contributed by atoms with van der Waals surface area (Å²) < 4.78 is 0. The van der Waals surface area contributed by atoms with E-state index in [4.69, 9.17) is 5.11 Å². The molecule has 1 aliphatic rings. The molecule has 0 radical (unpaired) electrons. The van der Waals surface area contributed by atoms with E-state index in [0.29, 0.717) is 18.5 Å². The highest BCUT2D eigenvalue weighted by atomic mass is 16.4. The van der Waals surface area contributed by atoms with Crippen LogP contribution in [0.3, 0.4) is 0 Å². The lowest BCUT2D eigenvalue weighted by Crippen LogP contribution is -2.23. The summed E-state index contributed by atoms with van der Waals surface area (Å²) in [6.07, 6.45) is 1.31. The zero-order chi connectivity index (χ0) is 17.4. The number of aryl methyl sites for hydroxylation is 1. The maximum absolute atomic E-state index is 12.3. The molecular weight excluding hydrogens is 316 g/mol. The lowest BCUT2D eigenvalue weighted by atomic mass is 9.95. The van der Waals surface area contributed by atoms with Gasteiger partial charge >= 0.3 is 5.97 Å². The molecule has 0 fully saturated rings. The van der Waals surface area contributed by atoms with Crippen LogP contribution in [-0.4, -0.2) is 28.5 Å². The minimum Gasteiger partial charge on any atom is -0.481 e. The van der Waals surface area contributed by atoms with Crippen LogP contribution in [0.25, 0.3) is 22.2 Å². The number of H-pyrrole nitrogens is 1. The normalized spacial score (nSPS) is 13.5. The van der Waals surface area contributed by atoms with Crippen LogP contribution in [-0.2, 0) is 17.6 Å². The van der Waals surface area contributed by atoms with Crippen molar-refractivity contribution in [3.8, 4) is 11.3 Å². The second-order valence-electron chi connectivity index (χ2n) is 6.26. The van der Waals surface area contributed by atoms with Gasteiger partial charge in [0.2, 0.25) is 0 Å². The Bertz CT molecular complexity index is 988. The second kappa shape index (κ2) is 6.09. The third-order valence-corrected chi connectivity index (χ3v) is 4.73. The third kappa shape index (κ3) is 2.67. The maximum atomic E-state index is 12.3. The van der Waals surface area contributed by atoms with Crippen LogP contribution in [0.2, 0.25) is 0 Å². The number of aromatic nitrogens is 1. The van der Waals surface area contributed by atoms with Gasteiger partial charge in [0.1, 0.15) is 0 Å². The highest BCUT2D eigenvalue weighted by molar-refractivity contribution is 6.10. The van der Waals surface area contributed by atoms with Crippen molar-refractivity contribution in [2.24, 2.45) is 0 Å². The Hall–Kier alpha value is -3.08. The van der Waals surface area contributed by atoms with Crippen LogP contribution in [0.5, 0.6) is 0 Å². The average molecular weight is 334 g/mol. The quantitative estimate of drug-likeness (QED) is 0.685. The molecule has 5 heteroatoms. The molecule has 0 saturated heterocycles. The molecule has 2 heterocycles. The number of rotatable bonds is 4. The molecule has 3 N–H and O–H groups in total. The summed E-state index contributed by atoms with van der Waals surface area (Å²) in [5.74, 6) is -0.851. The van der Waals surface area contributed by atoms with E-state index in [-0.39, 0.29) is 12.3 Å². The zero-order valence-corrected chi connectivity index (χ0v) is 13.6. The van der Waals surface area contributed by atoms with Crippen LogP contribution in [0.1, 0.15) is 27.9 Å². The first-order valence-corrected chi connectivity index (χ1v) is 8.37. The van der Waals surface area contributed by atoms with Crippen LogP contribution in [0.4, 0.5) is 0 Å². The fourth-order valence-electron chi connectivity index (χ4n) is 3.61. The Morgan fingerprint density at radius 3 is 2.72 bits per heavy atom. The first-order valence-electron chi connectivity index (χ1n) is 8.37. The van der Waals surface area contributed by atoms with E-state index >= 15 is 0 Å². The van der Waals surface area contributed by atoms with E-state index in [9.17, 15) is 9.59 Å². The van der Waals surface area contributed by atoms with Crippen molar-refractivity contribution >= 4 is 22.8 Å². The van der Waals surface area contributed by atoms with Gasteiger partial charge in [-0.2, -0.15) is 0 Å². The van der Waals surface area contributed by atoms with E-state index in [2.05, 4.69) is 10.3 Å². The molecular formula is C20H18N2O3. The van der Waals surface area contributed by atoms with E-state index in [1.165, 1.54) is 0 Å². The van der Waals surface area contributed by atoms with Gasteiger partial charge in [-0.25, -0.2) is 0 Å². The molecule has 0 aliphatic carbocycles. The van der Waals surface area contributed by atoms with Crippen molar-refractivity contribution < 1.29 is 14.7 Å². The number of hydrogen-bond acceptors (Lipinski definition) is 2. The molecule has 0 spiro atoms. The van der Waals surface area contributed by atoms with Crippen molar-refractivity contribution in [3.63, 3.8) is 0 Å². The van der Waals surface area contributed by atoms with E-state index in [1.54, 1.807) is 0 Å². The minimum absolute atomic E-state index is 0.0472. The number of amides is 1. The van der Waals surface area contributed by atoms with Crippen molar-refractivity contribution in [3.05, 3.63) is 59.2 Å². The van der Waals surface area contributed by atoms with Gasteiger partial charge in [-0.05, 0) is 36.1 Å². The summed E-state index contributed by atoms with van der Waals surface area (Å²) in [4.78, 5) is 26.7. The molecule has 1 aliphatic heterocycles. The molecule has 0 saturated carbocycles. The Morgan fingerprint density at radius 1 is 1.08 bits per heavy atom. The number of aliphatic carboxylic acids is 1. The molecule has 0 bridgehead atoms. The molecule has 126 valence electrons. The number of carbonyl (C=O) groups excluding carboxylic acids is 1.